The van der Waals surface area contributed by atoms with Gasteiger partial charge >= 0.3 is 0 Å². The van der Waals surface area contributed by atoms with Crippen LogP contribution >= 0.6 is 0 Å². The molecule has 0 unspecified atom stereocenters. The fraction of sp³-hybridized carbons (Fsp3) is 0.267. The van der Waals surface area contributed by atoms with Crippen LogP contribution in [0.15, 0.2) is 110 Å². The van der Waals surface area contributed by atoms with Crippen molar-refractivity contribution in [1.82, 2.24) is 24.9 Å². The molecule has 0 bridgehead atoms. The number of hydrogen-bond acceptors (Lipinski definition) is 6. The van der Waals surface area contributed by atoms with Gasteiger partial charge in [0, 0.05) is 52.3 Å². The fourth-order valence-corrected chi connectivity index (χ4v) is 7.14. The van der Waals surface area contributed by atoms with Crippen molar-refractivity contribution in [2.75, 3.05) is 9.80 Å². The van der Waals surface area contributed by atoms with E-state index in [4.69, 9.17) is 4.98 Å². The van der Waals surface area contributed by atoms with Gasteiger partial charge in [-0.2, -0.15) is 0 Å². The van der Waals surface area contributed by atoms with Crippen molar-refractivity contribution in [3.63, 3.8) is 0 Å². The normalized spacial score (nSPS) is 12.5. The minimum Gasteiger partial charge on any atom is -0.471 e. The predicted molar refractivity (Wildman–Crippen MR) is 216 cm³/mol. The molecule has 0 N–H and O–H groups in total. The topological polar surface area (TPSA) is 72.1 Å². The van der Waals surface area contributed by atoms with Crippen molar-refractivity contribution in [2.24, 2.45) is 0 Å². The van der Waals surface area contributed by atoms with Crippen LogP contribution in [0.1, 0.15) is 101 Å². The Morgan fingerprint density at radius 1 is 0.585 bits per heavy atom. The van der Waals surface area contributed by atoms with Gasteiger partial charge < -0.3 is 19.8 Å². The molecule has 4 heterocycles. The van der Waals surface area contributed by atoms with E-state index in [0.29, 0.717) is 35.2 Å². The molecular formula is C45H47AuN7-2. The van der Waals surface area contributed by atoms with E-state index in [1.54, 1.807) is 18.6 Å². The Morgan fingerprint density at radius 3 is 1.77 bits per heavy atom. The summed E-state index contributed by atoms with van der Waals surface area (Å²) < 4.78 is 0. The van der Waals surface area contributed by atoms with Crippen LogP contribution in [0, 0.1) is 6.67 Å². The molecule has 7 aromatic rings. The van der Waals surface area contributed by atoms with Gasteiger partial charge in [-0.25, -0.2) is 4.98 Å². The SMILES string of the molecule is CC(C)c1cccc(C(C)C)c1N1[CH-]N(c2c(C(C)C)cccc2C(C)C)c2ncccc21.[Au].c1ccc2c(c1)ccc1[n-]c(-c3cnccn3)nc12. The zero-order chi connectivity index (χ0) is 36.5. The first-order valence-electron chi connectivity index (χ1n) is 18.4. The molecule has 53 heavy (non-hydrogen) atoms. The molecule has 8 rings (SSSR count). The maximum atomic E-state index is 4.90. The monoisotopic (exact) mass is 882 g/mol. The van der Waals surface area contributed by atoms with Crippen molar-refractivity contribution in [1.29, 1.82) is 0 Å². The fourth-order valence-electron chi connectivity index (χ4n) is 7.14. The minimum absolute atomic E-state index is 0. The molecule has 0 spiro atoms. The standard InChI is InChI=1S/C30H38N3.C15H9N4.Au/c1-19(2)23-12-9-13-24(20(3)4)28(23)32-18-33(30-27(32)16-11-17-31-30)29-25(21(5)6)14-10-15-26(29)22(7)8;1-2-4-11-10(3-1)5-6-12-14(11)19-15(18-12)13-9-16-7-8-17-13;/h9-22H,1-8H3;1-9H;/q2*-1;. The Balaban J connectivity index is 0.000000203. The Hall–Kier alpha value is -4.82. The predicted octanol–water partition coefficient (Wildman–Crippen LogP) is 11.8. The van der Waals surface area contributed by atoms with Crippen LogP contribution in [0.5, 0.6) is 0 Å². The number of imidazole rings is 1. The molecule has 0 aliphatic carbocycles. The van der Waals surface area contributed by atoms with Gasteiger partial charge in [0.1, 0.15) is 5.82 Å². The van der Waals surface area contributed by atoms with E-state index >= 15 is 0 Å². The summed E-state index contributed by atoms with van der Waals surface area (Å²) in [5.74, 6) is 3.32. The maximum Gasteiger partial charge on any atom is 0.126 e. The molecule has 1 aliphatic rings. The van der Waals surface area contributed by atoms with Crippen LogP contribution in [0.4, 0.5) is 22.9 Å². The quantitative estimate of drug-likeness (QED) is 0.117. The first kappa shape index (κ1) is 37.9. The number of para-hydroxylation sites is 2. The number of rotatable bonds is 7. The summed E-state index contributed by atoms with van der Waals surface area (Å²) in [5, 5.41) is 2.28. The molecule has 1 radical (unpaired) electrons. The van der Waals surface area contributed by atoms with E-state index in [1.165, 1.54) is 39.0 Å². The van der Waals surface area contributed by atoms with Crippen LogP contribution in [0.2, 0.25) is 0 Å². The van der Waals surface area contributed by atoms with Gasteiger partial charge in [-0.1, -0.05) is 128 Å². The van der Waals surface area contributed by atoms with Crippen LogP contribution in [-0.2, 0) is 22.4 Å². The van der Waals surface area contributed by atoms with Gasteiger partial charge in [0.2, 0.25) is 0 Å². The van der Waals surface area contributed by atoms with Gasteiger partial charge in [0.05, 0.1) is 17.6 Å². The van der Waals surface area contributed by atoms with E-state index in [-0.39, 0.29) is 22.4 Å². The Morgan fingerprint density at radius 2 is 1.19 bits per heavy atom. The maximum absolute atomic E-state index is 4.90. The van der Waals surface area contributed by atoms with Crippen LogP contribution in [-0.4, -0.2) is 19.9 Å². The molecular weight excluding hydrogens is 836 g/mol. The second-order valence-electron chi connectivity index (χ2n) is 14.7. The largest absolute Gasteiger partial charge is 0.471 e. The average Bonchev–Trinajstić information content (AvgIpc) is 3.77. The first-order chi connectivity index (χ1) is 25.1. The Labute approximate surface area is 329 Å². The number of benzene rings is 4. The number of fused-ring (bicyclic) bond motifs is 4. The van der Waals surface area contributed by atoms with Gasteiger partial charge in [-0.15, -0.1) is 6.67 Å². The van der Waals surface area contributed by atoms with Crippen LogP contribution < -0.4 is 14.8 Å². The van der Waals surface area contributed by atoms with E-state index < -0.39 is 0 Å². The second-order valence-corrected chi connectivity index (χ2v) is 14.7. The third-order valence-electron chi connectivity index (χ3n) is 9.77. The Bertz CT molecular complexity index is 2190. The summed E-state index contributed by atoms with van der Waals surface area (Å²) in [6.07, 6.45) is 6.88. The van der Waals surface area contributed by atoms with Crippen molar-refractivity contribution in [3.8, 4) is 11.5 Å². The zero-order valence-electron chi connectivity index (χ0n) is 31.7. The summed E-state index contributed by atoms with van der Waals surface area (Å²) in [7, 11) is 0. The molecule has 275 valence electrons. The van der Waals surface area contributed by atoms with Crippen LogP contribution in [0.25, 0.3) is 33.3 Å². The molecule has 0 fully saturated rings. The summed E-state index contributed by atoms with van der Waals surface area (Å²) >= 11 is 0. The summed E-state index contributed by atoms with van der Waals surface area (Å²) in [5.41, 5.74) is 11.7. The first-order valence-corrected chi connectivity index (χ1v) is 18.4. The second kappa shape index (κ2) is 16.0. The molecule has 0 atom stereocenters. The van der Waals surface area contributed by atoms with E-state index in [2.05, 4.69) is 152 Å². The molecule has 4 aromatic carbocycles. The molecule has 1 aliphatic heterocycles. The molecule has 3 aromatic heterocycles. The van der Waals surface area contributed by atoms with Crippen molar-refractivity contribution in [3.05, 3.63) is 139 Å². The summed E-state index contributed by atoms with van der Waals surface area (Å²) in [6, 6.07) is 30.0. The van der Waals surface area contributed by atoms with Crippen molar-refractivity contribution >= 4 is 44.7 Å². The smallest absolute Gasteiger partial charge is 0.126 e. The van der Waals surface area contributed by atoms with Crippen LogP contribution in [0.3, 0.4) is 0 Å². The van der Waals surface area contributed by atoms with Gasteiger partial charge in [0.15, 0.2) is 0 Å². The van der Waals surface area contributed by atoms with Crippen molar-refractivity contribution < 1.29 is 22.4 Å². The third kappa shape index (κ3) is 7.39. The van der Waals surface area contributed by atoms with Gasteiger partial charge in [0.25, 0.3) is 0 Å². The van der Waals surface area contributed by atoms with E-state index in [9.17, 15) is 0 Å². The number of nitrogens with zero attached hydrogens (tertiary/aromatic N) is 7. The minimum atomic E-state index is 0. The van der Waals surface area contributed by atoms with Gasteiger partial charge in [-0.05, 0) is 85.7 Å². The number of pyridine rings is 1. The number of hydrogen-bond donors (Lipinski definition) is 0. The molecule has 0 saturated heterocycles. The molecule has 0 saturated carbocycles. The summed E-state index contributed by atoms with van der Waals surface area (Å²) in [4.78, 5) is 27.0. The zero-order valence-corrected chi connectivity index (χ0v) is 33.9. The molecule has 0 amide bonds. The molecule has 8 heteroatoms. The summed E-state index contributed by atoms with van der Waals surface area (Å²) in [6.45, 7) is 20.5. The number of anilines is 4. The average molecular weight is 883 g/mol. The van der Waals surface area contributed by atoms with Crippen molar-refractivity contribution in [2.45, 2.75) is 79.1 Å². The van der Waals surface area contributed by atoms with E-state index in [1.807, 2.05) is 30.5 Å². The Kier molecular flexibility index (Phi) is 11.5. The molecule has 7 nitrogen and oxygen atoms in total. The number of aromatic nitrogens is 5. The van der Waals surface area contributed by atoms with Gasteiger partial charge in [-0.3, -0.25) is 9.97 Å². The third-order valence-corrected chi connectivity index (χ3v) is 9.77. The van der Waals surface area contributed by atoms with E-state index in [0.717, 1.165) is 27.9 Å².